The zero-order valence-corrected chi connectivity index (χ0v) is 14.5. The molecule has 2 aromatic rings. The summed E-state index contributed by atoms with van der Waals surface area (Å²) >= 11 is 5.83. The highest BCUT2D eigenvalue weighted by Gasteiger charge is 2.30. The first kappa shape index (κ1) is 16.6. The van der Waals surface area contributed by atoms with Crippen LogP contribution in [0.1, 0.15) is 35.9 Å². The Balaban J connectivity index is 1.67. The summed E-state index contributed by atoms with van der Waals surface area (Å²) in [6.45, 7) is 5.15. The summed E-state index contributed by atoms with van der Waals surface area (Å²) in [5, 5.41) is 3.34. The summed E-state index contributed by atoms with van der Waals surface area (Å²) in [4.78, 5) is 26.8. The molecule has 1 aliphatic heterocycles. The van der Waals surface area contributed by atoms with Crippen LogP contribution in [0.2, 0.25) is 5.02 Å². The van der Waals surface area contributed by atoms with Crippen LogP contribution in [0, 0.1) is 0 Å². The fourth-order valence-corrected chi connectivity index (χ4v) is 3.20. The van der Waals surface area contributed by atoms with Gasteiger partial charge in [0.15, 0.2) is 0 Å². The summed E-state index contributed by atoms with van der Waals surface area (Å²) < 4.78 is 2.16. The van der Waals surface area contributed by atoms with Gasteiger partial charge in [0.1, 0.15) is 6.04 Å². The minimum absolute atomic E-state index is 0.00358. The van der Waals surface area contributed by atoms with Crippen LogP contribution in [0.5, 0.6) is 0 Å². The molecule has 6 heteroatoms. The van der Waals surface area contributed by atoms with Crippen LogP contribution in [-0.2, 0) is 11.3 Å². The third-order valence-electron chi connectivity index (χ3n) is 4.45. The van der Waals surface area contributed by atoms with E-state index < -0.39 is 6.04 Å². The van der Waals surface area contributed by atoms with Gasteiger partial charge in [0.25, 0.3) is 5.91 Å². The van der Waals surface area contributed by atoms with Crippen molar-refractivity contribution in [2.24, 2.45) is 0 Å². The molecule has 3 rings (SSSR count). The number of carbonyl (C=O) groups is 2. The van der Waals surface area contributed by atoms with Crippen LogP contribution in [0.25, 0.3) is 0 Å². The maximum Gasteiger partial charge on any atom is 0.251 e. The predicted octanol–water partition coefficient (Wildman–Crippen LogP) is 2.86. The number of rotatable bonds is 3. The second-order valence-corrected chi connectivity index (χ2v) is 6.47. The van der Waals surface area contributed by atoms with Crippen molar-refractivity contribution in [3.63, 3.8) is 0 Å². The molecular weight excluding hydrogens is 326 g/mol. The van der Waals surface area contributed by atoms with Crippen LogP contribution in [-0.4, -0.2) is 33.9 Å². The third-order valence-corrected chi connectivity index (χ3v) is 4.70. The molecule has 0 saturated carbocycles. The van der Waals surface area contributed by atoms with E-state index in [1.165, 1.54) is 0 Å². The van der Waals surface area contributed by atoms with Crippen molar-refractivity contribution in [1.29, 1.82) is 0 Å². The SMILES string of the molecule is C[C@@H](NC(=O)c1ccc(Cl)cc1)C(=O)N1CCn2cccc2[C@@H]1C. The molecule has 1 aromatic carbocycles. The fourth-order valence-electron chi connectivity index (χ4n) is 3.07. The van der Waals surface area contributed by atoms with Gasteiger partial charge in [-0.1, -0.05) is 11.6 Å². The lowest BCUT2D eigenvalue weighted by Crippen LogP contribution is -2.50. The second kappa shape index (κ2) is 6.69. The van der Waals surface area contributed by atoms with Crippen LogP contribution in [0.4, 0.5) is 0 Å². The number of nitrogens with one attached hydrogen (secondary N) is 1. The largest absolute Gasteiger partial charge is 0.348 e. The number of amides is 2. The molecule has 0 bridgehead atoms. The molecule has 0 aliphatic carbocycles. The number of nitrogens with zero attached hydrogens (tertiary/aromatic N) is 2. The van der Waals surface area contributed by atoms with E-state index in [1.807, 2.05) is 30.2 Å². The van der Waals surface area contributed by atoms with Crippen molar-refractivity contribution in [2.75, 3.05) is 6.54 Å². The molecule has 2 amide bonds. The minimum atomic E-state index is -0.586. The number of benzene rings is 1. The van der Waals surface area contributed by atoms with E-state index in [4.69, 9.17) is 11.6 Å². The Bertz CT molecular complexity index is 754. The van der Waals surface area contributed by atoms with Gasteiger partial charge in [0.05, 0.1) is 6.04 Å². The first-order chi connectivity index (χ1) is 11.5. The summed E-state index contributed by atoms with van der Waals surface area (Å²) in [6, 6.07) is 10.0. The van der Waals surface area contributed by atoms with Gasteiger partial charge in [-0.3, -0.25) is 9.59 Å². The summed E-state index contributed by atoms with van der Waals surface area (Å²) in [5.74, 6) is -0.349. The normalized spacial score (nSPS) is 18.0. The molecule has 24 heavy (non-hydrogen) atoms. The van der Waals surface area contributed by atoms with Crippen molar-refractivity contribution in [3.8, 4) is 0 Å². The van der Waals surface area contributed by atoms with Gasteiger partial charge in [0.2, 0.25) is 5.91 Å². The molecule has 0 spiro atoms. The van der Waals surface area contributed by atoms with Crippen LogP contribution in [0.3, 0.4) is 0 Å². The van der Waals surface area contributed by atoms with Gasteiger partial charge in [-0.05, 0) is 50.2 Å². The third kappa shape index (κ3) is 3.17. The van der Waals surface area contributed by atoms with E-state index in [0.29, 0.717) is 17.1 Å². The van der Waals surface area contributed by atoms with E-state index in [1.54, 1.807) is 31.2 Å². The van der Waals surface area contributed by atoms with Crippen molar-refractivity contribution in [3.05, 3.63) is 58.9 Å². The lowest BCUT2D eigenvalue weighted by molar-refractivity contribution is -0.136. The van der Waals surface area contributed by atoms with Gasteiger partial charge < -0.3 is 14.8 Å². The number of carbonyl (C=O) groups excluding carboxylic acids is 2. The molecule has 0 saturated heterocycles. The van der Waals surface area contributed by atoms with Crippen molar-refractivity contribution in [1.82, 2.24) is 14.8 Å². The van der Waals surface area contributed by atoms with Gasteiger partial charge in [-0.2, -0.15) is 0 Å². The molecular formula is C18H20ClN3O2. The van der Waals surface area contributed by atoms with Gasteiger partial charge in [-0.15, -0.1) is 0 Å². The first-order valence-corrected chi connectivity index (χ1v) is 8.37. The number of aromatic nitrogens is 1. The Kier molecular flexibility index (Phi) is 4.62. The molecule has 2 atom stereocenters. The Labute approximate surface area is 146 Å². The smallest absolute Gasteiger partial charge is 0.251 e. The van der Waals surface area contributed by atoms with Crippen LogP contribution < -0.4 is 5.32 Å². The molecule has 0 fully saturated rings. The highest BCUT2D eigenvalue weighted by molar-refractivity contribution is 6.30. The van der Waals surface area contributed by atoms with E-state index in [-0.39, 0.29) is 17.9 Å². The Morgan fingerprint density at radius 2 is 1.92 bits per heavy atom. The summed E-state index contributed by atoms with van der Waals surface area (Å²) in [5.41, 5.74) is 1.60. The van der Waals surface area contributed by atoms with Crippen molar-refractivity contribution in [2.45, 2.75) is 32.5 Å². The zero-order valence-electron chi connectivity index (χ0n) is 13.7. The summed E-state index contributed by atoms with van der Waals surface area (Å²) in [7, 11) is 0. The molecule has 2 heterocycles. The van der Waals surface area contributed by atoms with Crippen molar-refractivity contribution >= 4 is 23.4 Å². The quantitative estimate of drug-likeness (QED) is 0.930. The number of fused-ring (bicyclic) bond motifs is 1. The molecule has 5 nitrogen and oxygen atoms in total. The van der Waals surface area contributed by atoms with Gasteiger partial charge in [0, 0.05) is 35.6 Å². The average molecular weight is 346 g/mol. The highest BCUT2D eigenvalue weighted by atomic mass is 35.5. The monoisotopic (exact) mass is 345 g/mol. The van der Waals surface area contributed by atoms with E-state index in [9.17, 15) is 9.59 Å². The second-order valence-electron chi connectivity index (χ2n) is 6.04. The number of hydrogen-bond donors (Lipinski definition) is 1. The van der Waals surface area contributed by atoms with Crippen LogP contribution in [0.15, 0.2) is 42.6 Å². The maximum absolute atomic E-state index is 12.7. The van der Waals surface area contributed by atoms with E-state index >= 15 is 0 Å². The fraction of sp³-hybridized carbons (Fsp3) is 0.333. The molecule has 126 valence electrons. The highest BCUT2D eigenvalue weighted by Crippen LogP contribution is 2.25. The first-order valence-electron chi connectivity index (χ1n) is 7.99. The molecule has 1 aromatic heterocycles. The standard InChI is InChI=1S/C18H20ClN3O2/c1-12(20-17(23)14-5-7-15(19)8-6-14)18(24)22-11-10-21-9-3-4-16(21)13(22)2/h3-9,12-13H,10-11H2,1-2H3,(H,20,23)/t12-,13+/m1/s1. The van der Waals surface area contributed by atoms with Crippen LogP contribution >= 0.6 is 11.6 Å². The van der Waals surface area contributed by atoms with Gasteiger partial charge in [-0.25, -0.2) is 0 Å². The average Bonchev–Trinajstić information content (AvgIpc) is 3.04. The van der Waals surface area contributed by atoms with E-state index in [0.717, 1.165) is 12.2 Å². The summed E-state index contributed by atoms with van der Waals surface area (Å²) in [6.07, 6.45) is 2.03. The Morgan fingerprint density at radius 3 is 2.62 bits per heavy atom. The Morgan fingerprint density at radius 1 is 1.21 bits per heavy atom. The Hall–Kier alpha value is -2.27. The topological polar surface area (TPSA) is 54.3 Å². The molecule has 1 aliphatic rings. The zero-order chi connectivity index (χ0) is 17.3. The minimum Gasteiger partial charge on any atom is -0.348 e. The maximum atomic E-state index is 12.7. The van der Waals surface area contributed by atoms with E-state index in [2.05, 4.69) is 9.88 Å². The number of hydrogen-bond acceptors (Lipinski definition) is 2. The number of halogens is 1. The molecule has 0 unspecified atom stereocenters. The molecule has 1 N–H and O–H groups in total. The lowest BCUT2D eigenvalue weighted by Gasteiger charge is -2.36. The lowest BCUT2D eigenvalue weighted by atomic mass is 10.1. The van der Waals surface area contributed by atoms with Gasteiger partial charge >= 0.3 is 0 Å². The van der Waals surface area contributed by atoms with Crippen molar-refractivity contribution < 1.29 is 9.59 Å². The molecule has 0 radical (unpaired) electrons. The predicted molar refractivity (Wildman–Crippen MR) is 92.9 cm³/mol.